The Morgan fingerprint density at radius 3 is 1.52 bits per heavy atom. The van der Waals surface area contributed by atoms with Crippen LogP contribution in [0.2, 0.25) is 0 Å². The summed E-state index contributed by atoms with van der Waals surface area (Å²) in [6, 6.07) is 10.8. The van der Waals surface area contributed by atoms with Crippen LogP contribution in [0.15, 0.2) is 30.3 Å². The molecule has 1 aromatic carbocycles. The minimum Gasteiger partial charge on any atom is -0.328 e. The SMILES string of the molecule is CCCCCC(C)N.CCCCCCC(C)N.NCc1ccccc1. The van der Waals surface area contributed by atoms with Gasteiger partial charge in [0, 0.05) is 18.6 Å². The lowest BCUT2D eigenvalue weighted by Gasteiger charge is -2.02. The van der Waals surface area contributed by atoms with Gasteiger partial charge < -0.3 is 17.2 Å². The lowest BCUT2D eigenvalue weighted by Crippen LogP contribution is -2.13. The predicted molar refractivity (Wildman–Crippen MR) is 115 cm³/mol. The van der Waals surface area contributed by atoms with Crippen LogP contribution in [0.25, 0.3) is 0 Å². The Bertz CT molecular complexity index is 336. The lowest BCUT2D eigenvalue weighted by molar-refractivity contribution is 0.575. The van der Waals surface area contributed by atoms with Crippen LogP contribution in [0, 0.1) is 0 Å². The van der Waals surface area contributed by atoms with E-state index in [0.717, 1.165) is 0 Å². The molecule has 0 aromatic heterocycles. The molecule has 0 bridgehead atoms. The minimum absolute atomic E-state index is 0.404. The average molecular weight is 352 g/mol. The first kappa shape index (κ1) is 26.3. The first-order valence-corrected chi connectivity index (χ1v) is 10.2. The van der Waals surface area contributed by atoms with Gasteiger partial charge in [-0.3, -0.25) is 0 Å². The van der Waals surface area contributed by atoms with Gasteiger partial charge in [-0.1, -0.05) is 89.1 Å². The molecule has 2 atom stereocenters. The largest absolute Gasteiger partial charge is 0.328 e. The molecule has 0 fully saturated rings. The summed E-state index contributed by atoms with van der Waals surface area (Å²) in [6.45, 7) is 9.22. The number of rotatable bonds is 10. The lowest BCUT2D eigenvalue weighted by atomic mass is 10.1. The van der Waals surface area contributed by atoms with Gasteiger partial charge in [-0.05, 0) is 32.3 Å². The van der Waals surface area contributed by atoms with Gasteiger partial charge in [-0.2, -0.15) is 0 Å². The second kappa shape index (κ2) is 21.1. The van der Waals surface area contributed by atoms with Crippen molar-refractivity contribution < 1.29 is 0 Å². The summed E-state index contributed by atoms with van der Waals surface area (Å²) in [4.78, 5) is 0. The van der Waals surface area contributed by atoms with Crippen molar-refractivity contribution >= 4 is 0 Å². The van der Waals surface area contributed by atoms with Crippen LogP contribution in [0.3, 0.4) is 0 Å². The van der Waals surface area contributed by atoms with Crippen LogP contribution in [-0.2, 0) is 6.54 Å². The standard InChI is InChI=1S/C8H19N.C7H9N.C7H17N/c1-3-4-5-6-7-8(2)9;8-6-7-4-2-1-3-5-7;1-3-4-5-6-7(2)8/h8H,3-7,9H2,1-2H3;1-5H,6,8H2;7H,3-6,8H2,1-2H3. The molecule has 0 saturated carbocycles. The van der Waals surface area contributed by atoms with Gasteiger partial charge in [0.1, 0.15) is 0 Å². The van der Waals surface area contributed by atoms with E-state index in [4.69, 9.17) is 17.2 Å². The van der Waals surface area contributed by atoms with Gasteiger partial charge in [-0.25, -0.2) is 0 Å². The zero-order valence-corrected chi connectivity index (χ0v) is 17.3. The molecule has 0 aliphatic rings. The van der Waals surface area contributed by atoms with Crippen LogP contribution in [0.1, 0.15) is 91.0 Å². The normalized spacial score (nSPS) is 12.3. The van der Waals surface area contributed by atoms with Gasteiger partial charge in [0.2, 0.25) is 0 Å². The Morgan fingerprint density at radius 1 is 0.720 bits per heavy atom. The second-order valence-electron chi connectivity index (χ2n) is 6.99. The van der Waals surface area contributed by atoms with Crippen LogP contribution >= 0.6 is 0 Å². The number of nitrogens with two attached hydrogens (primary N) is 3. The quantitative estimate of drug-likeness (QED) is 0.496. The maximum Gasteiger partial charge on any atom is 0.0178 e. The number of hydrogen-bond acceptors (Lipinski definition) is 3. The monoisotopic (exact) mass is 351 g/mol. The third kappa shape index (κ3) is 25.5. The van der Waals surface area contributed by atoms with Gasteiger partial charge in [-0.15, -0.1) is 0 Å². The maximum atomic E-state index is 5.57. The minimum atomic E-state index is 0.404. The Morgan fingerprint density at radius 2 is 1.16 bits per heavy atom. The van der Waals surface area contributed by atoms with Crippen molar-refractivity contribution in [2.24, 2.45) is 17.2 Å². The molecule has 3 heteroatoms. The maximum absolute atomic E-state index is 5.57. The van der Waals surface area contributed by atoms with Gasteiger partial charge in [0.25, 0.3) is 0 Å². The molecule has 0 spiro atoms. The molecule has 2 unspecified atom stereocenters. The highest BCUT2D eigenvalue weighted by Gasteiger charge is 1.92. The summed E-state index contributed by atoms with van der Waals surface area (Å²) in [7, 11) is 0. The van der Waals surface area contributed by atoms with Crippen LogP contribution in [0.4, 0.5) is 0 Å². The summed E-state index contributed by atoms with van der Waals surface area (Å²) < 4.78 is 0. The molecule has 1 aromatic rings. The van der Waals surface area contributed by atoms with E-state index >= 15 is 0 Å². The van der Waals surface area contributed by atoms with Crippen LogP contribution < -0.4 is 17.2 Å². The van der Waals surface area contributed by atoms with Crippen molar-refractivity contribution in [3.05, 3.63) is 35.9 Å². The first-order valence-electron chi connectivity index (χ1n) is 10.2. The molecule has 0 aliphatic heterocycles. The van der Waals surface area contributed by atoms with Crippen molar-refractivity contribution in [1.82, 2.24) is 0 Å². The van der Waals surface area contributed by atoms with Crippen molar-refractivity contribution in [3.63, 3.8) is 0 Å². The number of hydrogen-bond donors (Lipinski definition) is 3. The predicted octanol–water partition coefficient (Wildman–Crippen LogP) is 5.36. The summed E-state index contributed by atoms with van der Waals surface area (Å²) in [5, 5.41) is 0. The van der Waals surface area contributed by atoms with Crippen molar-refractivity contribution in [2.45, 2.75) is 104 Å². The summed E-state index contributed by atoms with van der Waals surface area (Å²) in [6.07, 6.45) is 11.7. The smallest absolute Gasteiger partial charge is 0.0178 e. The molecular formula is C22H45N3. The topological polar surface area (TPSA) is 78.1 Å². The average Bonchev–Trinajstić information content (AvgIpc) is 2.60. The Labute approximate surface area is 157 Å². The van der Waals surface area contributed by atoms with Gasteiger partial charge in [0.05, 0.1) is 0 Å². The molecule has 6 N–H and O–H groups in total. The molecule has 0 saturated heterocycles. The molecule has 148 valence electrons. The Kier molecular flexibility index (Phi) is 22.3. The van der Waals surface area contributed by atoms with Gasteiger partial charge >= 0.3 is 0 Å². The number of benzene rings is 1. The van der Waals surface area contributed by atoms with Crippen molar-refractivity contribution in [2.75, 3.05) is 0 Å². The van der Waals surface area contributed by atoms with E-state index in [-0.39, 0.29) is 0 Å². The Hall–Kier alpha value is -0.900. The fraction of sp³-hybridized carbons (Fsp3) is 0.727. The van der Waals surface area contributed by atoms with E-state index in [9.17, 15) is 0 Å². The molecule has 0 heterocycles. The summed E-state index contributed by atoms with van der Waals surface area (Å²) in [5.74, 6) is 0. The fourth-order valence-electron chi connectivity index (χ4n) is 2.22. The molecule has 0 amide bonds. The highest BCUT2D eigenvalue weighted by Crippen LogP contribution is 2.03. The third-order valence-corrected chi connectivity index (χ3v) is 3.85. The van der Waals surface area contributed by atoms with Crippen LogP contribution in [-0.4, -0.2) is 12.1 Å². The molecule has 1 rings (SSSR count). The van der Waals surface area contributed by atoms with Crippen molar-refractivity contribution in [3.8, 4) is 0 Å². The van der Waals surface area contributed by atoms with E-state index in [2.05, 4.69) is 27.7 Å². The van der Waals surface area contributed by atoms with Gasteiger partial charge in [0.15, 0.2) is 0 Å². The van der Waals surface area contributed by atoms with E-state index in [1.54, 1.807) is 0 Å². The summed E-state index contributed by atoms with van der Waals surface area (Å²) >= 11 is 0. The molecule has 3 nitrogen and oxygen atoms in total. The molecule has 0 aliphatic carbocycles. The highest BCUT2D eigenvalue weighted by atomic mass is 14.6. The van der Waals surface area contributed by atoms with Crippen molar-refractivity contribution in [1.29, 1.82) is 0 Å². The highest BCUT2D eigenvalue weighted by molar-refractivity contribution is 5.13. The molecule has 25 heavy (non-hydrogen) atoms. The molecular weight excluding hydrogens is 306 g/mol. The van der Waals surface area contributed by atoms with E-state index in [1.165, 1.54) is 63.4 Å². The van der Waals surface area contributed by atoms with Crippen LogP contribution in [0.5, 0.6) is 0 Å². The Balaban J connectivity index is 0. The second-order valence-corrected chi connectivity index (χ2v) is 6.99. The van der Waals surface area contributed by atoms with E-state index in [1.807, 2.05) is 30.3 Å². The zero-order chi connectivity index (χ0) is 19.3. The molecule has 0 radical (unpaired) electrons. The van der Waals surface area contributed by atoms with E-state index in [0.29, 0.717) is 18.6 Å². The third-order valence-electron chi connectivity index (χ3n) is 3.85. The summed E-state index contributed by atoms with van der Waals surface area (Å²) in [5.41, 5.74) is 17.6. The number of unbranched alkanes of at least 4 members (excludes halogenated alkanes) is 5. The zero-order valence-electron chi connectivity index (χ0n) is 17.3. The fourth-order valence-corrected chi connectivity index (χ4v) is 2.22. The van der Waals surface area contributed by atoms with E-state index < -0.39 is 0 Å². The first-order chi connectivity index (χ1) is 12.0.